The number of nitrogens with one attached hydrogen (secondary N) is 2. The zero-order valence-electron chi connectivity index (χ0n) is 10.8. The van der Waals surface area contributed by atoms with E-state index in [1.54, 1.807) is 0 Å². The predicted octanol–water partition coefficient (Wildman–Crippen LogP) is 1.49. The molecule has 104 valence electrons. The van der Waals surface area contributed by atoms with Gasteiger partial charge in [-0.05, 0) is 18.8 Å². The minimum absolute atomic E-state index is 0.161. The molecule has 0 fully saturated rings. The van der Waals surface area contributed by atoms with Crippen LogP contribution in [0.5, 0.6) is 0 Å². The fourth-order valence-corrected chi connectivity index (χ4v) is 1.49. The molecule has 0 aliphatic rings. The maximum absolute atomic E-state index is 11.5. The number of hydrogen-bond donors (Lipinski definition) is 3. The van der Waals surface area contributed by atoms with E-state index >= 15 is 0 Å². The molecule has 19 heavy (non-hydrogen) atoms. The van der Waals surface area contributed by atoms with E-state index in [2.05, 4.69) is 20.6 Å². The van der Waals surface area contributed by atoms with Crippen molar-refractivity contribution in [2.24, 2.45) is 5.92 Å². The number of urea groups is 1. The average Bonchev–Trinajstić information content (AvgIpc) is 2.37. The zero-order chi connectivity index (χ0) is 14.1. The highest BCUT2D eigenvalue weighted by Gasteiger charge is 2.06. The summed E-state index contributed by atoms with van der Waals surface area (Å²) in [5, 5.41) is 13.8. The van der Waals surface area contributed by atoms with E-state index in [1.807, 2.05) is 6.92 Å². The molecule has 7 heteroatoms. The van der Waals surface area contributed by atoms with Crippen molar-refractivity contribution in [2.45, 2.75) is 26.2 Å². The van der Waals surface area contributed by atoms with Crippen molar-refractivity contribution in [3.63, 3.8) is 0 Å². The van der Waals surface area contributed by atoms with Crippen molar-refractivity contribution in [2.75, 3.05) is 11.9 Å². The van der Waals surface area contributed by atoms with E-state index in [4.69, 9.17) is 5.11 Å². The van der Waals surface area contributed by atoms with Crippen molar-refractivity contribution in [3.8, 4) is 0 Å². The SMILES string of the molecule is CC(CCNC(=O)Nc1cncnc1)CCC(=O)O. The zero-order valence-corrected chi connectivity index (χ0v) is 10.8. The number of carbonyl (C=O) groups is 2. The summed E-state index contributed by atoms with van der Waals surface area (Å²) in [7, 11) is 0. The maximum Gasteiger partial charge on any atom is 0.319 e. The molecule has 1 rings (SSSR count). The molecule has 0 aliphatic carbocycles. The van der Waals surface area contributed by atoms with Crippen molar-refractivity contribution < 1.29 is 14.7 Å². The number of rotatable bonds is 7. The Morgan fingerprint density at radius 1 is 1.32 bits per heavy atom. The lowest BCUT2D eigenvalue weighted by atomic mass is 10.0. The largest absolute Gasteiger partial charge is 0.481 e. The number of aliphatic carboxylic acids is 1. The number of hydrogen-bond acceptors (Lipinski definition) is 4. The predicted molar refractivity (Wildman–Crippen MR) is 69.7 cm³/mol. The number of carboxylic acid groups (broad SMARTS) is 1. The molecule has 0 saturated heterocycles. The normalized spacial score (nSPS) is 11.6. The van der Waals surface area contributed by atoms with Gasteiger partial charge in [-0.3, -0.25) is 4.79 Å². The van der Waals surface area contributed by atoms with Crippen LogP contribution in [-0.4, -0.2) is 33.6 Å². The lowest BCUT2D eigenvalue weighted by molar-refractivity contribution is -0.137. The average molecular weight is 266 g/mol. The van der Waals surface area contributed by atoms with Crippen molar-refractivity contribution >= 4 is 17.7 Å². The van der Waals surface area contributed by atoms with Gasteiger partial charge in [0.05, 0.1) is 18.1 Å². The smallest absolute Gasteiger partial charge is 0.319 e. The van der Waals surface area contributed by atoms with Gasteiger partial charge in [0.1, 0.15) is 6.33 Å². The molecule has 0 aromatic carbocycles. The van der Waals surface area contributed by atoms with Crippen molar-refractivity contribution in [3.05, 3.63) is 18.7 Å². The molecule has 1 aromatic rings. The Morgan fingerprint density at radius 2 is 2.00 bits per heavy atom. The second-order valence-corrected chi connectivity index (χ2v) is 4.33. The van der Waals surface area contributed by atoms with Crippen LogP contribution in [0.2, 0.25) is 0 Å². The standard InChI is InChI=1S/C12H18N4O3/c1-9(2-3-11(17)18)4-5-15-12(19)16-10-6-13-8-14-7-10/h6-9H,2-5H2,1H3,(H,17,18)(H2,15,16,19). The Hall–Kier alpha value is -2.18. The monoisotopic (exact) mass is 266 g/mol. The topological polar surface area (TPSA) is 104 Å². The van der Waals surface area contributed by atoms with E-state index in [-0.39, 0.29) is 18.4 Å². The summed E-state index contributed by atoms with van der Waals surface area (Å²) < 4.78 is 0. The lowest BCUT2D eigenvalue weighted by Gasteiger charge is -2.11. The van der Waals surface area contributed by atoms with Crippen LogP contribution in [0.15, 0.2) is 18.7 Å². The summed E-state index contributed by atoms with van der Waals surface area (Å²) in [6, 6.07) is -0.319. The third-order valence-electron chi connectivity index (χ3n) is 2.59. The molecule has 0 saturated carbocycles. The van der Waals surface area contributed by atoms with Crippen LogP contribution in [-0.2, 0) is 4.79 Å². The molecule has 7 nitrogen and oxygen atoms in total. The Labute approximate surface area is 111 Å². The highest BCUT2D eigenvalue weighted by Crippen LogP contribution is 2.09. The molecule has 2 amide bonds. The highest BCUT2D eigenvalue weighted by atomic mass is 16.4. The van der Waals surface area contributed by atoms with Crippen molar-refractivity contribution in [1.29, 1.82) is 0 Å². The number of nitrogens with zero attached hydrogens (tertiary/aromatic N) is 2. The Kier molecular flexibility index (Phi) is 6.28. The van der Waals surface area contributed by atoms with Gasteiger partial charge in [0.15, 0.2) is 0 Å². The van der Waals surface area contributed by atoms with E-state index < -0.39 is 5.97 Å². The number of carboxylic acids is 1. The van der Waals surface area contributed by atoms with Gasteiger partial charge < -0.3 is 15.7 Å². The fourth-order valence-electron chi connectivity index (χ4n) is 1.49. The second-order valence-electron chi connectivity index (χ2n) is 4.33. The molecular formula is C12H18N4O3. The minimum Gasteiger partial charge on any atom is -0.481 e. The van der Waals surface area contributed by atoms with E-state index in [1.165, 1.54) is 18.7 Å². The van der Waals surface area contributed by atoms with Crippen molar-refractivity contribution in [1.82, 2.24) is 15.3 Å². The number of aromatic nitrogens is 2. The first-order chi connectivity index (χ1) is 9.08. The fraction of sp³-hybridized carbons (Fsp3) is 0.500. The minimum atomic E-state index is -0.790. The number of carbonyl (C=O) groups excluding carboxylic acids is 1. The Morgan fingerprint density at radius 3 is 2.63 bits per heavy atom. The highest BCUT2D eigenvalue weighted by molar-refractivity contribution is 5.88. The van der Waals surface area contributed by atoms with Gasteiger partial charge in [-0.2, -0.15) is 0 Å². The molecule has 1 unspecified atom stereocenters. The summed E-state index contributed by atoms with van der Waals surface area (Å²) in [5.41, 5.74) is 0.527. The first-order valence-corrected chi connectivity index (χ1v) is 6.09. The van der Waals surface area contributed by atoms with Crippen LogP contribution in [0.4, 0.5) is 10.5 Å². The summed E-state index contributed by atoms with van der Waals surface area (Å²) in [6.07, 6.45) is 5.91. The summed E-state index contributed by atoms with van der Waals surface area (Å²) >= 11 is 0. The third-order valence-corrected chi connectivity index (χ3v) is 2.59. The van der Waals surface area contributed by atoms with Gasteiger partial charge in [0, 0.05) is 13.0 Å². The van der Waals surface area contributed by atoms with E-state index in [0.717, 1.165) is 6.42 Å². The summed E-state index contributed by atoms with van der Waals surface area (Å²) in [4.78, 5) is 29.4. The molecule has 1 atom stereocenters. The lowest BCUT2D eigenvalue weighted by Crippen LogP contribution is -2.30. The van der Waals surface area contributed by atoms with Crippen LogP contribution in [0.3, 0.4) is 0 Å². The maximum atomic E-state index is 11.5. The Bertz CT molecular complexity index is 411. The Balaban J connectivity index is 2.15. The molecule has 0 spiro atoms. The van der Waals surface area contributed by atoms with Crippen LogP contribution < -0.4 is 10.6 Å². The molecular weight excluding hydrogens is 248 g/mol. The first-order valence-electron chi connectivity index (χ1n) is 6.09. The van der Waals surface area contributed by atoms with Gasteiger partial charge in [-0.1, -0.05) is 6.92 Å². The van der Waals surface area contributed by atoms with Crippen LogP contribution in [0, 0.1) is 5.92 Å². The third kappa shape index (κ3) is 6.97. The van der Waals surface area contributed by atoms with Gasteiger partial charge in [-0.15, -0.1) is 0 Å². The quantitative estimate of drug-likeness (QED) is 0.693. The van der Waals surface area contributed by atoms with E-state index in [9.17, 15) is 9.59 Å². The van der Waals surface area contributed by atoms with Gasteiger partial charge in [-0.25, -0.2) is 14.8 Å². The van der Waals surface area contributed by atoms with Crippen LogP contribution >= 0.6 is 0 Å². The molecule has 1 heterocycles. The molecule has 0 radical (unpaired) electrons. The summed E-state index contributed by atoms with van der Waals surface area (Å²) in [6.45, 7) is 2.47. The summed E-state index contributed by atoms with van der Waals surface area (Å²) in [5.74, 6) is -0.530. The van der Waals surface area contributed by atoms with Crippen LogP contribution in [0.1, 0.15) is 26.2 Å². The second kappa shape index (κ2) is 8.02. The van der Waals surface area contributed by atoms with E-state index in [0.29, 0.717) is 18.7 Å². The van der Waals surface area contributed by atoms with Gasteiger partial charge in [0.25, 0.3) is 0 Å². The van der Waals surface area contributed by atoms with Gasteiger partial charge >= 0.3 is 12.0 Å². The first kappa shape index (κ1) is 14.9. The molecule has 0 bridgehead atoms. The van der Waals surface area contributed by atoms with Gasteiger partial charge in [0.2, 0.25) is 0 Å². The molecule has 0 aliphatic heterocycles. The molecule has 1 aromatic heterocycles. The molecule has 3 N–H and O–H groups in total. The van der Waals surface area contributed by atoms with Crippen LogP contribution in [0.25, 0.3) is 0 Å². The number of amides is 2. The number of anilines is 1.